The average Bonchev–Trinajstić information content (AvgIpc) is 2.66. The third kappa shape index (κ3) is 5.94. The molecule has 0 atom stereocenters. The van der Waals surface area contributed by atoms with Gasteiger partial charge >= 0.3 is 0 Å². The lowest BCUT2D eigenvalue weighted by molar-refractivity contribution is 0.215. The summed E-state index contributed by atoms with van der Waals surface area (Å²) in [7, 11) is 0. The summed E-state index contributed by atoms with van der Waals surface area (Å²) < 4.78 is 5.69. The largest absolute Gasteiger partial charge is 0.491 e. The molecular formula is C20H28N4O3. The molecule has 1 aromatic rings. The Hall–Kier alpha value is -2.64. The van der Waals surface area contributed by atoms with Crippen LogP contribution in [0.15, 0.2) is 52.9 Å². The van der Waals surface area contributed by atoms with Crippen LogP contribution in [0.1, 0.15) is 19.8 Å². The molecule has 0 saturated heterocycles. The van der Waals surface area contributed by atoms with Gasteiger partial charge in [0.15, 0.2) is 0 Å². The monoisotopic (exact) mass is 372 g/mol. The van der Waals surface area contributed by atoms with Crippen molar-refractivity contribution >= 4 is 22.8 Å². The standard InChI is InChI=1S/C20H28N4O3/c1-2-3-12-27-20-14-19(17(21)13-18(20)22)23-15-4-6-16(7-5-15)24(8-10-25)9-11-26/h4-7,13-14,21,25-26H,2-3,8-12,22H2,1H3. The molecule has 5 N–H and O–H groups in total. The normalized spacial score (nSPS) is 15.5. The van der Waals surface area contributed by atoms with E-state index in [2.05, 4.69) is 11.9 Å². The maximum absolute atomic E-state index is 9.15. The van der Waals surface area contributed by atoms with Gasteiger partial charge in [-0.2, -0.15) is 0 Å². The zero-order chi connectivity index (χ0) is 19.6. The minimum absolute atomic E-state index is 0.0145. The van der Waals surface area contributed by atoms with Crippen molar-refractivity contribution in [3.05, 3.63) is 47.9 Å². The van der Waals surface area contributed by atoms with Crippen molar-refractivity contribution in [2.45, 2.75) is 19.8 Å². The number of allylic oxidation sites excluding steroid dienone is 2. The highest BCUT2D eigenvalue weighted by Crippen LogP contribution is 2.22. The first-order valence-corrected chi connectivity index (χ1v) is 9.15. The molecule has 0 saturated carbocycles. The van der Waals surface area contributed by atoms with Crippen LogP contribution in [-0.4, -0.2) is 54.5 Å². The van der Waals surface area contributed by atoms with Crippen molar-refractivity contribution in [2.24, 2.45) is 10.7 Å². The minimum atomic E-state index is 0.0145. The van der Waals surface area contributed by atoms with Crippen LogP contribution in [0.2, 0.25) is 0 Å². The molecule has 0 unspecified atom stereocenters. The molecule has 0 heterocycles. The first kappa shape index (κ1) is 20.7. The summed E-state index contributed by atoms with van der Waals surface area (Å²) in [5.74, 6) is 0.548. The number of benzene rings is 1. The highest BCUT2D eigenvalue weighted by Gasteiger charge is 2.15. The molecule has 1 aromatic carbocycles. The summed E-state index contributed by atoms with van der Waals surface area (Å²) in [6.45, 7) is 3.60. The molecule has 0 aliphatic heterocycles. The maximum Gasteiger partial charge on any atom is 0.144 e. The topological polar surface area (TPSA) is 115 Å². The average molecular weight is 372 g/mol. The Morgan fingerprint density at radius 2 is 1.78 bits per heavy atom. The summed E-state index contributed by atoms with van der Waals surface area (Å²) in [6, 6.07) is 7.43. The SMILES string of the molecule is CCCCOC1=CC(=Nc2ccc(N(CCO)CCO)cc2)C(=N)C=C1N. The number of nitrogens with one attached hydrogen (secondary N) is 1. The van der Waals surface area contributed by atoms with Gasteiger partial charge in [0.05, 0.1) is 42.6 Å². The molecule has 0 spiro atoms. The van der Waals surface area contributed by atoms with Crippen molar-refractivity contribution in [3.8, 4) is 0 Å². The van der Waals surface area contributed by atoms with E-state index in [1.807, 2.05) is 29.2 Å². The van der Waals surface area contributed by atoms with Gasteiger partial charge in [-0.25, -0.2) is 4.99 Å². The van der Waals surface area contributed by atoms with E-state index in [0.29, 0.717) is 42.6 Å². The van der Waals surface area contributed by atoms with Crippen LogP contribution in [-0.2, 0) is 4.74 Å². The van der Waals surface area contributed by atoms with Crippen molar-refractivity contribution < 1.29 is 14.9 Å². The van der Waals surface area contributed by atoms with Crippen molar-refractivity contribution in [1.82, 2.24) is 0 Å². The first-order valence-electron chi connectivity index (χ1n) is 9.15. The van der Waals surface area contributed by atoms with Gasteiger partial charge in [-0.05, 0) is 36.8 Å². The fourth-order valence-corrected chi connectivity index (χ4v) is 2.62. The Balaban J connectivity index is 2.17. The van der Waals surface area contributed by atoms with E-state index in [0.717, 1.165) is 18.5 Å². The molecule has 146 valence electrons. The fraction of sp³-hybridized carbons (Fsp3) is 0.400. The molecule has 7 heteroatoms. The molecule has 27 heavy (non-hydrogen) atoms. The van der Waals surface area contributed by atoms with Crippen LogP contribution in [0.3, 0.4) is 0 Å². The molecule has 2 rings (SSSR count). The number of nitrogens with zero attached hydrogens (tertiary/aromatic N) is 2. The Morgan fingerprint density at radius 3 is 2.37 bits per heavy atom. The highest BCUT2D eigenvalue weighted by atomic mass is 16.5. The zero-order valence-corrected chi connectivity index (χ0v) is 15.7. The minimum Gasteiger partial charge on any atom is -0.491 e. The van der Waals surface area contributed by atoms with Crippen molar-refractivity contribution in [3.63, 3.8) is 0 Å². The summed E-state index contributed by atoms with van der Waals surface area (Å²) in [5, 5.41) is 26.4. The second-order valence-corrected chi connectivity index (χ2v) is 6.17. The predicted octanol–water partition coefficient (Wildman–Crippen LogP) is 2.13. The first-order chi connectivity index (χ1) is 13.1. The van der Waals surface area contributed by atoms with Crippen molar-refractivity contribution in [2.75, 3.05) is 37.8 Å². The predicted molar refractivity (Wildman–Crippen MR) is 109 cm³/mol. The lowest BCUT2D eigenvalue weighted by atomic mass is 10.1. The molecule has 7 nitrogen and oxygen atoms in total. The van der Waals surface area contributed by atoms with Gasteiger partial charge in [-0.3, -0.25) is 5.41 Å². The van der Waals surface area contributed by atoms with Crippen molar-refractivity contribution in [1.29, 1.82) is 5.41 Å². The quantitative estimate of drug-likeness (QED) is 0.371. The number of aliphatic hydroxyl groups is 2. The van der Waals surface area contributed by atoms with Gasteiger partial charge in [-0.15, -0.1) is 0 Å². The summed E-state index contributed by atoms with van der Waals surface area (Å²) in [5.41, 5.74) is 8.70. The second-order valence-electron chi connectivity index (χ2n) is 6.17. The van der Waals surface area contributed by atoms with Gasteiger partial charge in [0.2, 0.25) is 0 Å². The second kappa shape index (κ2) is 10.5. The smallest absolute Gasteiger partial charge is 0.144 e. The number of rotatable bonds is 10. The van der Waals surface area contributed by atoms with Gasteiger partial charge in [0.1, 0.15) is 5.76 Å². The van der Waals surface area contributed by atoms with Crippen LogP contribution >= 0.6 is 0 Å². The number of anilines is 1. The van der Waals surface area contributed by atoms with E-state index in [9.17, 15) is 0 Å². The van der Waals surface area contributed by atoms with Crippen LogP contribution in [0.25, 0.3) is 0 Å². The maximum atomic E-state index is 9.15. The highest BCUT2D eigenvalue weighted by molar-refractivity contribution is 6.50. The molecule has 1 aliphatic carbocycles. The van der Waals surface area contributed by atoms with Crippen LogP contribution < -0.4 is 10.6 Å². The summed E-state index contributed by atoms with van der Waals surface area (Å²) in [6.07, 6.45) is 5.22. The molecule has 1 aliphatic rings. The number of aliphatic imine (C=N–C) groups is 1. The number of aliphatic hydroxyl groups excluding tert-OH is 2. The molecule has 0 fully saturated rings. The van der Waals surface area contributed by atoms with E-state index >= 15 is 0 Å². The number of hydrogen-bond acceptors (Lipinski definition) is 7. The Bertz CT molecular complexity index is 717. The molecular weight excluding hydrogens is 344 g/mol. The molecule has 0 radical (unpaired) electrons. The summed E-state index contributed by atoms with van der Waals surface area (Å²) in [4.78, 5) is 6.41. The van der Waals surface area contributed by atoms with E-state index < -0.39 is 0 Å². The van der Waals surface area contributed by atoms with E-state index in [-0.39, 0.29) is 18.9 Å². The molecule has 0 bridgehead atoms. The van der Waals surface area contributed by atoms with E-state index in [4.69, 9.17) is 26.1 Å². The number of unbranched alkanes of at least 4 members (excludes halogenated alkanes) is 1. The number of nitrogens with two attached hydrogens (primary N) is 1. The van der Waals surface area contributed by atoms with E-state index in [1.165, 1.54) is 0 Å². The Kier molecular flexibility index (Phi) is 8.03. The van der Waals surface area contributed by atoms with Crippen LogP contribution in [0.4, 0.5) is 11.4 Å². The fourth-order valence-electron chi connectivity index (χ4n) is 2.62. The lowest BCUT2D eigenvalue weighted by Crippen LogP contribution is -2.29. The lowest BCUT2D eigenvalue weighted by Gasteiger charge is -2.22. The summed E-state index contributed by atoms with van der Waals surface area (Å²) >= 11 is 0. The third-order valence-electron chi connectivity index (χ3n) is 4.09. The third-order valence-corrected chi connectivity index (χ3v) is 4.09. The van der Waals surface area contributed by atoms with Gasteiger partial charge in [0, 0.05) is 24.9 Å². The Morgan fingerprint density at radius 1 is 1.11 bits per heavy atom. The van der Waals surface area contributed by atoms with Gasteiger partial charge in [0.25, 0.3) is 0 Å². The Labute approximate surface area is 160 Å². The number of hydrogen-bond donors (Lipinski definition) is 4. The van der Waals surface area contributed by atoms with Crippen LogP contribution in [0, 0.1) is 5.41 Å². The number of ether oxygens (including phenoxy) is 1. The van der Waals surface area contributed by atoms with Gasteiger partial charge < -0.3 is 25.6 Å². The van der Waals surface area contributed by atoms with Gasteiger partial charge in [-0.1, -0.05) is 13.3 Å². The molecule has 0 aromatic heterocycles. The zero-order valence-electron chi connectivity index (χ0n) is 15.7. The van der Waals surface area contributed by atoms with E-state index in [1.54, 1.807) is 12.2 Å². The van der Waals surface area contributed by atoms with Crippen LogP contribution in [0.5, 0.6) is 0 Å². The molecule has 0 amide bonds.